The number of hydrogen-bond donors (Lipinski definition) is 1. The van der Waals surface area contributed by atoms with Crippen molar-refractivity contribution >= 4 is 39.1 Å². The van der Waals surface area contributed by atoms with Gasteiger partial charge in [0, 0.05) is 20.1 Å². The second kappa shape index (κ2) is 8.42. The zero-order valence-corrected chi connectivity index (χ0v) is 17.5. The highest BCUT2D eigenvalue weighted by Crippen LogP contribution is 2.27. The van der Waals surface area contributed by atoms with Gasteiger partial charge in [0.2, 0.25) is 5.91 Å². The number of piperidine rings is 1. The lowest BCUT2D eigenvalue weighted by Crippen LogP contribution is -2.44. The van der Waals surface area contributed by atoms with Crippen LogP contribution in [-0.4, -0.2) is 45.3 Å². The monoisotopic (exact) mass is 435 g/mol. The Labute approximate surface area is 175 Å². The van der Waals surface area contributed by atoms with Crippen molar-refractivity contribution in [3.8, 4) is 0 Å². The Bertz CT molecular complexity index is 1030. The van der Waals surface area contributed by atoms with Crippen LogP contribution in [0.25, 0.3) is 0 Å². The molecular formula is C20H22ClN3O4S. The molecule has 0 aliphatic carbocycles. The van der Waals surface area contributed by atoms with Gasteiger partial charge in [-0.05, 0) is 43.2 Å². The molecule has 0 aromatic heterocycles. The number of carbonyl (C=O) groups excluding carboxylic acids is 2. The minimum absolute atomic E-state index is 0.0416. The first kappa shape index (κ1) is 21.1. The molecule has 29 heavy (non-hydrogen) atoms. The lowest BCUT2D eigenvalue weighted by molar-refractivity contribution is -0.123. The highest BCUT2D eigenvalue weighted by molar-refractivity contribution is 7.92. The second-order valence-electron chi connectivity index (χ2n) is 6.94. The van der Waals surface area contributed by atoms with Crippen LogP contribution in [0.2, 0.25) is 5.02 Å². The van der Waals surface area contributed by atoms with Crippen LogP contribution in [0.1, 0.15) is 23.2 Å². The Balaban J connectivity index is 1.92. The van der Waals surface area contributed by atoms with Gasteiger partial charge in [0.1, 0.15) is 0 Å². The molecule has 0 bridgehead atoms. The van der Waals surface area contributed by atoms with E-state index in [0.29, 0.717) is 25.1 Å². The Morgan fingerprint density at radius 1 is 1.17 bits per heavy atom. The zero-order valence-electron chi connectivity index (χ0n) is 15.9. The maximum atomic E-state index is 13.0. The predicted molar refractivity (Wildman–Crippen MR) is 111 cm³/mol. The molecule has 0 spiro atoms. The molecule has 1 saturated heterocycles. The van der Waals surface area contributed by atoms with Crippen molar-refractivity contribution in [2.75, 3.05) is 24.4 Å². The van der Waals surface area contributed by atoms with Gasteiger partial charge in [0.05, 0.1) is 27.1 Å². The molecule has 154 valence electrons. The number of amides is 2. The summed E-state index contributed by atoms with van der Waals surface area (Å²) >= 11 is 6.21. The summed E-state index contributed by atoms with van der Waals surface area (Å²) in [5, 5.41) is 0.150. The summed E-state index contributed by atoms with van der Waals surface area (Å²) < 4.78 is 27.2. The predicted octanol–water partition coefficient (Wildman–Crippen LogP) is 2.50. The number of sulfonamides is 1. The molecule has 7 nitrogen and oxygen atoms in total. The summed E-state index contributed by atoms with van der Waals surface area (Å²) in [6.07, 6.45) is 1.27. The quantitative estimate of drug-likeness (QED) is 0.779. The van der Waals surface area contributed by atoms with Gasteiger partial charge < -0.3 is 10.6 Å². The Kier molecular flexibility index (Phi) is 6.14. The molecule has 2 aromatic rings. The van der Waals surface area contributed by atoms with Crippen LogP contribution in [-0.2, 0) is 14.8 Å². The minimum atomic E-state index is -3.89. The lowest BCUT2D eigenvalue weighted by Gasteiger charge is -2.31. The highest BCUT2D eigenvalue weighted by Gasteiger charge is 2.30. The summed E-state index contributed by atoms with van der Waals surface area (Å²) in [5.41, 5.74) is 5.96. The molecule has 9 heteroatoms. The topological polar surface area (TPSA) is 101 Å². The number of rotatable bonds is 5. The molecule has 2 N–H and O–H groups in total. The highest BCUT2D eigenvalue weighted by atomic mass is 35.5. The fourth-order valence-corrected chi connectivity index (χ4v) is 4.75. The van der Waals surface area contributed by atoms with E-state index in [2.05, 4.69) is 0 Å². The van der Waals surface area contributed by atoms with Gasteiger partial charge in [0.25, 0.3) is 15.9 Å². The first-order valence-electron chi connectivity index (χ1n) is 9.14. The number of carbonyl (C=O) groups is 2. The average Bonchev–Trinajstić information content (AvgIpc) is 2.73. The number of nitrogens with two attached hydrogens (primary N) is 1. The van der Waals surface area contributed by atoms with Gasteiger partial charge in [-0.25, -0.2) is 8.42 Å². The van der Waals surface area contributed by atoms with Crippen LogP contribution >= 0.6 is 11.6 Å². The molecule has 0 saturated carbocycles. The summed E-state index contributed by atoms with van der Waals surface area (Å²) in [5.74, 6) is -1.28. The number of benzene rings is 2. The van der Waals surface area contributed by atoms with Crippen molar-refractivity contribution in [3.63, 3.8) is 0 Å². The molecule has 1 fully saturated rings. The molecule has 0 unspecified atom stereocenters. The maximum absolute atomic E-state index is 13.0. The van der Waals surface area contributed by atoms with E-state index in [1.54, 1.807) is 30.3 Å². The van der Waals surface area contributed by atoms with E-state index in [-0.39, 0.29) is 22.0 Å². The molecule has 1 aliphatic rings. The molecule has 1 aliphatic heterocycles. The van der Waals surface area contributed by atoms with E-state index >= 15 is 0 Å². The molecule has 1 atom stereocenters. The first-order chi connectivity index (χ1) is 13.7. The van der Waals surface area contributed by atoms with Gasteiger partial charge in [0.15, 0.2) is 0 Å². The van der Waals surface area contributed by atoms with Crippen molar-refractivity contribution in [2.24, 2.45) is 11.7 Å². The van der Waals surface area contributed by atoms with E-state index in [1.807, 2.05) is 0 Å². The number of halogens is 1. The largest absolute Gasteiger partial charge is 0.369 e. The van der Waals surface area contributed by atoms with Crippen LogP contribution in [0, 0.1) is 5.92 Å². The zero-order chi connectivity index (χ0) is 21.2. The fourth-order valence-electron chi connectivity index (χ4n) is 3.33. The van der Waals surface area contributed by atoms with Crippen LogP contribution < -0.4 is 10.0 Å². The Morgan fingerprint density at radius 2 is 1.86 bits per heavy atom. The van der Waals surface area contributed by atoms with E-state index in [0.717, 1.165) is 4.31 Å². The number of anilines is 1. The maximum Gasteiger partial charge on any atom is 0.264 e. The number of para-hydroxylation sites is 1. The van der Waals surface area contributed by atoms with Gasteiger partial charge in [-0.15, -0.1) is 0 Å². The second-order valence-corrected chi connectivity index (χ2v) is 9.32. The van der Waals surface area contributed by atoms with Crippen LogP contribution in [0.3, 0.4) is 0 Å². The van der Waals surface area contributed by atoms with Crippen molar-refractivity contribution in [1.29, 1.82) is 0 Å². The number of hydrogen-bond acceptors (Lipinski definition) is 4. The van der Waals surface area contributed by atoms with Crippen molar-refractivity contribution < 1.29 is 18.0 Å². The normalized spacial score (nSPS) is 17.0. The van der Waals surface area contributed by atoms with Crippen LogP contribution in [0.4, 0.5) is 5.69 Å². The molecule has 2 amide bonds. The molecule has 2 aromatic carbocycles. The third-order valence-electron chi connectivity index (χ3n) is 5.06. The minimum Gasteiger partial charge on any atom is -0.369 e. The standard InChI is InChI=1S/C20H22ClN3O4S/c1-23(15-7-3-2-4-8-15)29(27,28)16-9-10-18(21)17(12-16)20(26)24-11-5-6-14(13-24)19(22)25/h2-4,7-10,12,14H,5-6,11,13H2,1H3,(H2,22,25)/t14-/m0/s1. The third-order valence-corrected chi connectivity index (χ3v) is 7.17. The molecule has 0 radical (unpaired) electrons. The number of likely N-dealkylation sites (tertiary alicyclic amines) is 1. The van der Waals surface area contributed by atoms with E-state index in [9.17, 15) is 18.0 Å². The summed E-state index contributed by atoms with van der Waals surface area (Å²) in [6.45, 7) is 0.658. The van der Waals surface area contributed by atoms with Gasteiger partial charge >= 0.3 is 0 Å². The third kappa shape index (κ3) is 4.38. The van der Waals surface area contributed by atoms with Crippen molar-refractivity contribution in [3.05, 3.63) is 59.1 Å². The first-order valence-corrected chi connectivity index (χ1v) is 11.0. The lowest BCUT2D eigenvalue weighted by atomic mass is 9.97. The fraction of sp³-hybridized carbons (Fsp3) is 0.300. The van der Waals surface area contributed by atoms with E-state index in [1.165, 1.54) is 30.1 Å². The van der Waals surface area contributed by atoms with Gasteiger partial charge in [-0.1, -0.05) is 29.8 Å². The summed E-state index contributed by atoms with van der Waals surface area (Å²) in [7, 11) is -2.44. The summed E-state index contributed by atoms with van der Waals surface area (Å²) in [4.78, 5) is 25.9. The molecular weight excluding hydrogens is 414 g/mol. The molecule has 3 rings (SSSR count). The van der Waals surface area contributed by atoms with Crippen molar-refractivity contribution in [1.82, 2.24) is 4.90 Å². The summed E-state index contributed by atoms with van der Waals surface area (Å²) in [6, 6.07) is 12.7. The van der Waals surface area contributed by atoms with Crippen LogP contribution in [0.5, 0.6) is 0 Å². The number of nitrogens with zero attached hydrogens (tertiary/aromatic N) is 2. The smallest absolute Gasteiger partial charge is 0.264 e. The van der Waals surface area contributed by atoms with Gasteiger partial charge in [-0.2, -0.15) is 0 Å². The SMILES string of the molecule is CN(c1ccccc1)S(=O)(=O)c1ccc(Cl)c(C(=O)N2CCC[C@H](C(N)=O)C2)c1. The van der Waals surface area contributed by atoms with Crippen LogP contribution in [0.15, 0.2) is 53.4 Å². The average molecular weight is 436 g/mol. The molecule has 1 heterocycles. The van der Waals surface area contributed by atoms with Crippen molar-refractivity contribution in [2.45, 2.75) is 17.7 Å². The van der Waals surface area contributed by atoms with Gasteiger partial charge in [-0.3, -0.25) is 13.9 Å². The Hall–Kier alpha value is -2.58. The van der Waals surface area contributed by atoms with E-state index in [4.69, 9.17) is 17.3 Å². The number of primary amides is 1. The van der Waals surface area contributed by atoms with E-state index < -0.39 is 27.8 Å². The Morgan fingerprint density at radius 3 is 2.52 bits per heavy atom.